The number of halogens is 1. The van der Waals surface area contributed by atoms with Crippen LogP contribution in [0.2, 0.25) is 0 Å². The molecule has 0 aromatic heterocycles. The highest BCUT2D eigenvalue weighted by Gasteiger charge is 2.40. The van der Waals surface area contributed by atoms with Crippen LogP contribution < -0.4 is 10.6 Å². The Bertz CT molecular complexity index is 443. The molecule has 1 atom stereocenters. The van der Waals surface area contributed by atoms with Gasteiger partial charge in [0.05, 0.1) is 12.1 Å². The Labute approximate surface area is 107 Å². The minimum Gasteiger partial charge on any atom is -0.379 e. The van der Waals surface area contributed by atoms with E-state index in [1.807, 2.05) is 6.07 Å². The van der Waals surface area contributed by atoms with Crippen LogP contribution in [0.5, 0.6) is 0 Å². The second kappa shape index (κ2) is 4.52. The van der Waals surface area contributed by atoms with Gasteiger partial charge in [-0.3, -0.25) is 0 Å². The summed E-state index contributed by atoms with van der Waals surface area (Å²) in [4.78, 5) is 2.27. The number of hydrogen-bond donors (Lipinski definition) is 1. The number of benzene rings is 1. The molecule has 2 N–H and O–H groups in total. The number of nitrogens with two attached hydrogens (primary N) is 1. The molecule has 2 aliphatic rings. The molecule has 3 nitrogen and oxygen atoms in total. The molecule has 2 heterocycles. The SMILES string of the molecule is NCC1(N2CCc3ccc(F)cc32)CCCOC1. The first kappa shape index (κ1) is 11.9. The number of fused-ring (bicyclic) bond motifs is 1. The standard InChI is InChI=1S/C14H19FN2O/c15-12-3-2-11-4-6-17(13(11)8-12)14(9-16)5-1-7-18-10-14/h2-3,8H,1,4-7,9-10,16H2. The molecule has 0 spiro atoms. The van der Waals surface area contributed by atoms with Crippen molar-refractivity contribution in [1.82, 2.24) is 0 Å². The summed E-state index contributed by atoms with van der Waals surface area (Å²) in [6.45, 7) is 2.94. The van der Waals surface area contributed by atoms with Crippen LogP contribution in [-0.2, 0) is 11.2 Å². The van der Waals surface area contributed by atoms with Gasteiger partial charge in [-0.25, -0.2) is 4.39 Å². The lowest BCUT2D eigenvalue weighted by atomic mass is 9.90. The molecule has 0 amide bonds. The third-order valence-corrected chi connectivity index (χ3v) is 4.20. The van der Waals surface area contributed by atoms with Gasteiger partial charge in [0.1, 0.15) is 5.82 Å². The highest BCUT2D eigenvalue weighted by Crippen LogP contribution is 2.37. The first-order chi connectivity index (χ1) is 8.75. The molecule has 18 heavy (non-hydrogen) atoms. The average molecular weight is 250 g/mol. The molecule has 3 rings (SSSR count). The lowest BCUT2D eigenvalue weighted by Crippen LogP contribution is -2.58. The van der Waals surface area contributed by atoms with E-state index < -0.39 is 0 Å². The maximum absolute atomic E-state index is 13.4. The van der Waals surface area contributed by atoms with Crippen LogP contribution in [0.25, 0.3) is 0 Å². The smallest absolute Gasteiger partial charge is 0.125 e. The molecule has 0 aliphatic carbocycles. The molecule has 1 aromatic rings. The van der Waals surface area contributed by atoms with Gasteiger partial charge in [-0.2, -0.15) is 0 Å². The van der Waals surface area contributed by atoms with Crippen molar-refractivity contribution in [2.24, 2.45) is 5.73 Å². The monoisotopic (exact) mass is 250 g/mol. The summed E-state index contributed by atoms with van der Waals surface area (Å²) in [7, 11) is 0. The summed E-state index contributed by atoms with van der Waals surface area (Å²) < 4.78 is 19.1. The van der Waals surface area contributed by atoms with E-state index in [1.165, 1.54) is 11.6 Å². The van der Waals surface area contributed by atoms with Crippen molar-refractivity contribution in [1.29, 1.82) is 0 Å². The van der Waals surface area contributed by atoms with Gasteiger partial charge in [0.25, 0.3) is 0 Å². The molecule has 0 saturated carbocycles. The Hall–Kier alpha value is -1.13. The minimum absolute atomic E-state index is 0.142. The van der Waals surface area contributed by atoms with Crippen LogP contribution >= 0.6 is 0 Å². The van der Waals surface area contributed by atoms with Crippen molar-refractivity contribution in [3.05, 3.63) is 29.6 Å². The average Bonchev–Trinajstić information content (AvgIpc) is 2.83. The number of nitrogens with zero attached hydrogens (tertiary/aromatic N) is 1. The van der Waals surface area contributed by atoms with Crippen LogP contribution in [-0.4, -0.2) is 31.8 Å². The third-order valence-electron chi connectivity index (χ3n) is 4.20. The molecule has 4 heteroatoms. The molecule has 0 radical (unpaired) electrons. The van der Waals surface area contributed by atoms with Gasteiger partial charge >= 0.3 is 0 Å². The predicted molar refractivity (Wildman–Crippen MR) is 69.3 cm³/mol. The lowest BCUT2D eigenvalue weighted by Gasteiger charge is -2.45. The Morgan fingerprint density at radius 3 is 3.06 bits per heavy atom. The molecular formula is C14H19FN2O. The van der Waals surface area contributed by atoms with Crippen LogP contribution in [0, 0.1) is 5.82 Å². The maximum atomic E-state index is 13.4. The van der Waals surface area contributed by atoms with Gasteiger partial charge in [0.15, 0.2) is 0 Å². The van der Waals surface area contributed by atoms with Crippen LogP contribution in [0.15, 0.2) is 18.2 Å². The van der Waals surface area contributed by atoms with E-state index in [9.17, 15) is 4.39 Å². The van der Waals surface area contributed by atoms with Gasteiger partial charge in [0.2, 0.25) is 0 Å². The molecular weight excluding hydrogens is 231 g/mol. The largest absolute Gasteiger partial charge is 0.379 e. The number of anilines is 1. The number of ether oxygens (including phenoxy) is 1. The molecule has 1 unspecified atom stereocenters. The quantitative estimate of drug-likeness (QED) is 0.868. The van der Waals surface area contributed by atoms with Crippen molar-refractivity contribution >= 4 is 5.69 Å². The van der Waals surface area contributed by atoms with Crippen LogP contribution in [0.1, 0.15) is 18.4 Å². The van der Waals surface area contributed by atoms with Gasteiger partial charge in [-0.1, -0.05) is 6.07 Å². The van der Waals surface area contributed by atoms with E-state index >= 15 is 0 Å². The minimum atomic E-state index is -0.176. The summed E-state index contributed by atoms with van der Waals surface area (Å²) in [6.07, 6.45) is 3.02. The zero-order valence-electron chi connectivity index (χ0n) is 10.5. The Morgan fingerprint density at radius 1 is 1.44 bits per heavy atom. The Morgan fingerprint density at radius 2 is 2.33 bits per heavy atom. The van der Waals surface area contributed by atoms with Crippen molar-refractivity contribution in [2.75, 3.05) is 31.2 Å². The normalized spacial score (nSPS) is 27.3. The summed E-state index contributed by atoms with van der Waals surface area (Å²) in [6, 6.07) is 5.06. The van der Waals surface area contributed by atoms with E-state index in [1.54, 1.807) is 6.07 Å². The van der Waals surface area contributed by atoms with Crippen molar-refractivity contribution < 1.29 is 9.13 Å². The second-order valence-electron chi connectivity index (χ2n) is 5.26. The lowest BCUT2D eigenvalue weighted by molar-refractivity contribution is 0.0383. The summed E-state index contributed by atoms with van der Waals surface area (Å²) in [5, 5.41) is 0. The first-order valence-corrected chi connectivity index (χ1v) is 6.59. The molecule has 1 aromatic carbocycles. The first-order valence-electron chi connectivity index (χ1n) is 6.59. The molecule has 2 aliphatic heterocycles. The second-order valence-corrected chi connectivity index (χ2v) is 5.26. The summed E-state index contributed by atoms with van der Waals surface area (Å²) in [5.74, 6) is -0.176. The fourth-order valence-corrected chi connectivity index (χ4v) is 3.17. The van der Waals surface area contributed by atoms with E-state index in [4.69, 9.17) is 10.5 Å². The van der Waals surface area contributed by atoms with Gasteiger partial charge in [-0.15, -0.1) is 0 Å². The zero-order chi connectivity index (χ0) is 12.6. The summed E-state index contributed by atoms with van der Waals surface area (Å²) in [5.41, 5.74) is 8.08. The predicted octanol–water partition coefficient (Wildman–Crippen LogP) is 1.70. The van der Waals surface area contributed by atoms with E-state index in [-0.39, 0.29) is 11.4 Å². The van der Waals surface area contributed by atoms with Gasteiger partial charge in [0, 0.05) is 25.4 Å². The van der Waals surface area contributed by atoms with Gasteiger partial charge in [-0.05, 0) is 37.0 Å². The molecule has 1 saturated heterocycles. The van der Waals surface area contributed by atoms with E-state index in [2.05, 4.69) is 4.90 Å². The third kappa shape index (κ3) is 1.80. The number of rotatable bonds is 2. The number of hydrogen-bond acceptors (Lipinski definition) is 3. The van der Waals surface area contributed by atoms with Gasteiger partial charge < -0.3 is 15.4 Å². The van der Waals surface area contributed by atoms with Crippen molar-refractivity contribution in [3.63, 3.8) is 0 Å². The molecule has 98 valence electrons. The maximum Gasteiger partial charge on any atom is 0.125 e. The van der Waals surface area contributed by atoms with E-state index in [0.29, 0.717) is 13.2 Å². The van der Waals surface area contributed by atoms with Crippen LogP contribution in [0.4, 0.5) is 10.1 Å². The Balaban J connectivity index is 1.96. The van der Waals surface area contributed by atoms with Crippen molar-refractivity contribution in [2.45, 2.75) is 24.8 Å². The molecule has 0 bridgehead atoms. The summed E-state index contributed by atoms with van der Waals surface area (Å²) >= 11 is 0. The highest BCUT2D eigenvalue weighted by atomic mass is 19.1. The Kier molecular flexibility index (Phi) is 2.99. The fraction of sp³-hybridized carbons (Fsp3) is 0.571. The van der Waals surface area contributed by atoms with E-state index in [0.717, 1.165) is 38.1 Å². The highest BCUT2D eigenvalue weighted by molar-refractivity contribution is 5.60. The fourth-order valence-electron chi connectivity index (χ4n) is 3.17. The zero-order valence-corrected chi connectivity index (χ0v) is 10.5. The van der Waals surface area contributed by atoms with Crippen LogP contribution in [0.3, 0.4) is 0 Å². The topological polar surface area (TPSA) is 38.5 Å². The molecule has 1 fully saturated rings. The van der Waals surface area contributed by atoms with Crippen molar-refractivity contribution in [3.8, 4) is 0 Å².